The van der Waals surface area contributed by atoms with Crippen molar-refractivity contribution in [3.8, 4) is 5.75 Å². The van der Waals surface area contributed by atoms with E-state index >= 15 is 0 Å². The first-order valence-electron chi connectivity index (χ1n) is 16.6. The molecule has 2 unspecified atom stereocenters. The fourth-order valence-electron chi connectivity index (χ4n) is 6.29. The van der Waals surface area contributed by atoms with Crippen LogP contribution in [-0.2, 0) is 10.2 Å². The molecule has 0 spiro atoms. The average molecular weight is 695 g/mol. The first kappa shape index (κ1) is 35.7. The summed E-state index contributed by atoms with van der Waals surface area (Å²) in [7, 11) is 0. The summed E-state index contributed by atoms with van der Waals surface area (Å²) in [5, 5.41) is 9.99. The van der Waals surface area contributed by atoms with Crippen molar-refractivity contribution in [1.82, 2.24) is 20.2 Å². The van der Waals surface area contributed by atoms with Gasteiger partial charge in [0.15, 0.2) is 0 Å². The molecule has 9 nitrogen and oxygen atoms in total. The van der Waals surface area contributed by atoms with Crippen LogP contribution < -0.4 is 10.2 Å². The normalized spacial score (nSPS) is 18.5. The maximum absolute atomic E-state index is 14.8. The van der Waals surface area contributed by atoms with Crippen LogP contribution in [0.1, 0.15) is 81.3 Å². The summed E-state index contributed by atoms with van der Waals surface area (Å²) in [5.41, 5.74) is 5.34. The number of amidine groups is 1. The van der Waals surface area contributed by atoms with Gasteiger partial charge in [-0.05, 0) is 84.8 Å². The lowest BCUT2D eigenvalue weighted by Crippen LogP contribution is -2.54. The molecule has 2 aliphatic rings. The van der Waals surface area contributed by atoms with E-state index in [2.05, 4.69) is 37.8 Å². The van der Waals surface area contributed by atoms with Crippen molar-refractivity contribution < 1.29 is 19.5 Å². The molecular weight excluding hydrogens is 649 g/mol. The van der Waals surface area contributed by atoms with Crippen LogP contribution in [0.2, 0.25) is 10.0 Å². The lowest BCUT2D eigenvalue weighted by Gasteiger charge is -2.39. The number of carbonyl (C=O) groups excluding carboxylic acids is 2. The van der Waals surface area contributed by atoms with Gasteiger partial charge in [0.25, 0.3) is 0 Å². The topological polar surface area (TPSA) is 97.7 Å². The highest BCUT2D eigenvalue weighted by molar-refractivity contribution is 6.30. The monoisotopic (exact) mass is 693 g/mol. The van der Waals surface area contributed by atoms with E-state index in [1.807, 2.05) is 71.3 Å². The third-order valence-electron chi connectivity index (χ3n) is 8.98. The van der Waals surface area contributed by atoms with E-state index in [-0.39, 0.29) is 23.8 Å². The molecule has 11 heteroatoms. The van der Waals surface area contributed by atoms with Crippen LogP contribution in [-0.4, -0.2) is 77.0 Å². The molecule has 3 amide bonds. The highest BCUT2D eigenvalue weighted by atomic mass is 35.5. The first-order valence-corrected chi connectivity index (χ1v) is 17.4. The summed E-state index contributed by atoms with van der Waals surface area (Å²) in [6.45, 7) is 12.3. The Morgan fingerprint density at radius 1 is 0.917 bits per heavy atom. The highest BCUT2D eigenvalue weighted by Gasteiger charge is 2.45. The lowest BCUT2D eigenvalue weighted by atomic mass is 9.86. The minimum Gasteiger partial charge on any atom is -0.493 e. The van der Waals surface area contributed by atoms with Crippen LogP contribution >= 0.6 is 23.2 Å². The smallest absolute Gasteiger partial charge is 0.326 e. The Labute approximate surface area is 293 Å². The van der Waals surface area contributed by atoms with E-state index in [4.69, 9.17) is 38.1 Å². The van der Waals surface area contributed by atoms with Crippen LogP contribution in [0, 0.1) is 0 Å². The van der Waals surface area contributed by atoms with Gasteiger partial charge in [-0.15, -0.1) is 0 Å². The molecule has 2 heterocycles. The number of hydroxylamine groups is 1. The first-order chi connectivity index (χ1) is 23.0. The molecule has 2 aliphatic heterocycles. The second-order valence-electron chi connectivity index (χ2n) is 13.3. The summed E-state index contributed by atoms with van der Waals surface area (Å²) in [6.07, 6.45) is 1.80. The van der Waals surface area contributed by atoms with Crippen LogP contribution in [0.3, 0.4) is 0 Å². The molecule has 2 atom stereocenters. The van der Waals surface area contributed by atoms with Crippen molar-refractivity contribution in [2.45, 2.75) is 64.5 Å². The molecule has 1 saturated heterocycles. The van der Waals surface area contributed by atoms with Crippen molar-refractivity contribution in [3.63, 3.8) is 0 Å². The summed E-state index contributed by atoms with van der Waals surface area (Å²) in [4.78, 5) is 37.6. The van der Waals surface area contributed by atoms with Gasteiger partial charge in [-0.25, -0.2) is 10.3 Å². The van der Waals surface area contributed by atoms with Crippen molar-refractivity contribution >= 4 is 41.0 Å². The standard InChI is InChI=1S/C37H45Cl2N5O4/c1-5-48-31-24-27(37(2,3)4)13-18-30(31)35-40-33(25-9-14-28(38)15-10-25)34(26-11-16-29(39)17-12-26)44(35)36(46)43-22-20-42(21-23-43)19-7-6-8-32(45)41-47/h9-18,24,33-34,47H,5-8,19-23H2,1-4H3,(H,41,45). The fraction of sp³-hybridized carbons (Fsp3) is 0.432. The van der Waals surface area contributed by atoms with E-state index < -0.39 is 12.1 Å². The van der Waals surface area contributed by atoms with Gasteiger partial charge in [0.2, 0.25) is 5.91 Å². The van der Waals surface area contributed by atoms with Crippen LogP contribution in [0.4, 0.5) is 4.79 Å². The average Bonchev–Trinajstić information content (AvgIpc) is 3.47. The number of amides is 3. The molecule has 48 heavy (non-hydrogen) atoms. The van der Waals surface area contributed by atoms with E-state index in [1.165, 1.54) is 0 Å². The zero-order valence-corrected chi connectivity index (χ0v) is 29.6. The minimum atomic E-state index is -0.446. The van der Waals surface area contributed by atoms with Crippen molar-refractivity contribution in [1.29, 1.82) is 0 Å². The summed E-state index contributed by atoms with van der Waals surface area (Å²) >= 11 is 12.6. The molecule has 1 fully saturated rings. The molecule has 0 radical (unpaired) electrons. The number of hydrogen-bond acceptors (Lipinski definition) is 6. The van der Waals surface area contributed by atoms with Crippen LogP contribution in [0.15, 0.2) is 71.7 Å². The molecule has 3 aromatic carbocycles. The van der Waals surface area contributed by atoms with E-state index in [9.17, 15) is 9.59 Å². The number of nitrogens with zero attached hydrogens (tertiary/aromatic N) is 4. The lowest BCUT2D eigenvalue weighted by molar-refractivity contribution is -0.129. The minimum absolute atomic E-state index is 0.0972. The highest BCUT2D eigenvalue weighted by Crippen LogP contribution is 2.46. The van der Waals surface area contributed by atoms with Crippen molar-refractivity contribution in [3.05, 3.63) is 99.0 Å². The number of rotatable bonds is 10. The van der Waals surface area contributed by atoms with Gasteiger partial charge in [0.1, 0.15) is 17.6 Å². The molecule has 0 aromatic heterocycles. The van der Waals surface area contributed by atoms with Crippen LogP contribution in [0.25, 0.3) is 0 Å². The summed E-state index contributed by atoms with van der Waals surface area (Å²) in [5.74, 6) is 0.877. The Balaban J connectivity index is 1.52. The van der Waals surface area contributed by atoms with Crippen LogP contribution in [0.5, 0.6) is 5.75 Å². The number of aliphatic imine (C=N–C) groups is 1. The zero-order valence-electron chi connectivity index (χ0n) is 28.1. The van der Waals surface area contributed by atoms with Gasteiger partial charge in [-0.3, -0.25) is 24.8 Å². The molecule has 256 valence electrons. The quantitative estimate of drug-likeness (QED) is 0.129. The number of urea groups is 1. The molecular formula is C37H45Cl2N5O4. The van der Waals surface area contributed by atoms with E-state index in [0.717, 1.165) is 48.3 Å². The van der Waals surface area contributed by atoms with Gasteiger partial charge in [-0.2, -0.15) is 0 Å². The Bertz CT molecular complexity index is 1600. The maximum Gasteiger partial charge on any atom is 0.326 e. The summed E-state index contributed by atoms with van der Waals surface area (Å²) in [6, 6.07) is 20.5. The van der Waals surface area contributed by atoms with E-state index in [1.54, 1.807) is 5.48 Å². The molecule has 3 aromatic rings. The van der Waals surface area contributed by atoms with Gasteiger partial charge in [-0.1, -0.05) is 74.3 Å². The van der Waals surface area contributed by atoms with Gasteiger partial charge in [0.05, 0.1) is 18.2 Å². The second kappa shape index (κ2) is 15.7. The third kappa shape index (κ3) is 8.32. The number of nitrogens with one attached hydrogen (secondary N) is 1. The second-order valence-corrected chi connectivity index (χ2v) is 14.2. The van der Waals surface area contributed by atoms with Crippen molar-refractivity contribution in [2.24, 2.45) is 4.99 Å². The Morgan fingerprint density at radius 2 is 1.54 bits per heavy atom. The predicted molar refractivity (Wildman–Crippen MR) is 190 cm³/mol. The number of benzene rings is 3. The van der Waals surface area contributed by atoms with Crippen molar-refractivity contribution in [2.75, 3.05) is 39.3 Å². The van der Waals surface area contributed by atoms with Gasteiger partial charge < -0.3 is 9.64 Å². The number of unbranched alkanes of at least 4 members (excludes halogenated alkanes) is 1. The number of halogens is 2. The maximum atomic E-state index is 14.8. The predicted octanol–water partition coefficient (Wildman–Crippen LogP) is 7.65. The number of ether oxygens (including phenoxy) is 1. The summed E-state index contributed by atoms with van der Waals surface area (Å²) < 4.78 is 6.24. The Morgan fingerprint density at radius 3 is 2.12 bits per heavy atom. The van der Waals surface area contributed by atoms with Gasteiger partial charge >= 0.3 is 6.03 Å². The Kier molecular flexibility index (Phi) is 11.7. The molecule has 0 aliphatic carbocycles. The third-order valence-corrected chi connectivity index (χ3v) is 9.48. The number of carbonyl (C=O) groups is 2. The molecule has 0 bridgehead atoms. The molecule has 0 saturated carbocycles. The number of piperazine rings is 1. The SMILES string of the molecule is CCOc1cc(C(C)(C)C)ccc1C1=NC(c2ccc(Cl)cc2)C(c2ccc(Cl)cc2)N1C(=O)N1CCN(CCCCC(=O)NO)CC1. The molecule has 5 rings (SSSR count). The zero-order chi connectivity index (χ0) is 34.4. The Hall–Kier alpha value is -3.63. The fourth-order valence-corrected chi connectivity index (χ4v) is 6.55. The van der Waals surface area contributed by atoms with E-state index in [0.29, 0.717) is 47.7 Å². The largest absolute Gasteiger partial charge is 0.493 e. The molecule has 2 N–H and O–H groups in total. The number of hydrogen-bond donors (Lipinski definition) is 2. The van der Waals surface area contributed by atoms with Gasteiger partial charge in [0, 0.05) is 42.6 Å².